The lowest BCUT2D eigenvalue weighted by Crippen LogP contribution is -2.25. The van der Waals surface area contributed by atoms with Crippen molar-refractivity contribution in [2.45, 2.75) is 13.3 Å². The summed E-state index contributed by atoms with van der Waals surface area (Å²) in [5.74, 6) is -0.214. The van der Waals surface area contributed by atoms with Crippen molar-refractivity contribution in [1.82, 2.24) is 24.5 Å². The van der Waals surface area contributed by atoms with Crippen molar-refractivity contribution in [3.8, 4) is 5.69 Å². The van der Waals surface area contributed by atoms with Gasteiger partial charge in [0.25, 0.3) is 0 Å². The van der Waals surface area contributed by atoms with Gasteiger partial charge in [0.2, 0.25) is 11.9 Å². The van der Waals surface area contributed by atoms with Crippen molar-refractivity contribution in [3.63, 3.8) is 0 Å². The Morgan fingerprint density at radius 3 is 2.80 bits per heavy atom. The zero-order valence-electron chi connectivity index (χ0n) is 15.8. The van der Waals surface area contributed by atoms with Crippen LogP contribution in [0.15, 0.2) is 53.6 Å². The molecule has 3 N–H and O–H groups in total. The number of nitrogens with two attached hydrogens (primary N) is 1. The van der Waals surface area contributed by atoms with E-state index in [1.807, 2.05) is 6.07 Å². The third-order valence-corrected chi connectivity index (χ3v) is 4.76. The molecule has 0 fully saturated rings. The van der Waals surface area contributed by atoms with Crippen LogP contribution in [0.3, 0.4) is 0 Å². The summed E-state index contributed by atoms with van der Waals surface area (Å²) >= 11 is 6.36. The maximum absolute atomic E-state index is 12.7. The predicted molar refractivity (Wildman–Crippen MR) is 114 cm³/mol. The highest BCUT2D eigenvalue weighted by Crippen LogP contribution is 2.26. The number of carbonyl (C=O) groups excluding carboxylic acids is 1. The van der Waals surface area contributed by atoms with Crippen molar-refractivity contribution in [3.05, 3.63) is 75.7 Å². The Balaban J connectivity index is 1.71. The molecular formula is C20H16ClN7O2. The molecular weight excluding hydrogens is 406 g/mol. The van der Waals surface area contributed by atoms with Crippen LogP contribution in [-0.2, 0) is 11.2 Å². The van der Waals surface area contributed by atoms with Crippen molar-refractivity contribution in [1.29, 1.82) is 0 Å². The van der Waals surface area contributed by atoms with Crippen LogP contribution in [0.25, 0.3) is 16.7 Å². The van der Waals surface area contributed by atoms with Crippen molar-refractivity contribution >= 4 is 40.2 Å². The zero-order valence-corrected chi connectivity index (χ0v) is 16.6. The lowest BCUT2D eigenvalue weighted by Gasteiger charge is -2.14. The topological polar surface area (TPSA) is 129 Å². The van der Waals surface area contributed by atoms with Crippen LogP contribution in [0.2, 0.25) is 5.02 Å². The van der Waals surface area contributed by atoms with Gasteiger partial charge in [0.15, 0.2) is 5.65 Å². The van der Waals surface area contributed by atoms with Gasteiger partial charge in [-0.05, 0) is 37.3 Å². The monoisotopic (exact) mass is 421 g/mol. The first-order valence-electron chi connectivity index (χ1n) is 8.94. The second-order valence-corrected chi connectivity index (χ2v) is 6.90. The average Bonchev–Trinajstić information content (AvgIpc) is 2.70. The minimum absolute atomic E-state index is 0.0298. The molecule has 0 aliphatic carbocycles. The normalized spacial score (nSPS) is 10.9. The van der Waals surface area contributed by atoms with Gasteiger partial charge >= 0.3 is 5.69 Å². The molecule has 0 bridgehead atoms. The maximum atomic E-state index is 12.7. The van der Waals surface area contributed by atoms with Crippen molar-refractivity contribution in [2.24, 2.45) is 0 Å². The van der Waals surface area contributed by atoms with Crippen LogP contribution in [0.5, 0.6) is 0 Å². The van der Waals surface area contributed by atoms with Gasteiger partial charge in [-0.2, -0.15) is 9.97 Å². The molecule has 4 rings (SSSR count). The van der Waals surface area contributed by atoms with Crippen LogP contribution in [0.4, 0.5) is 11.6 Å². The Labute approximate surface area is 175 Å². The second kappa shape index (κ2) is 7.88. The van der Waals surface area contributed by atoms with Crippen LogP contribution < -0.4 is 16.7 Å². The number of benzene rings is 1. The third kappa shape index (κ3) is 3.83. The average molecular weight is 422 g/mol. The molecule has 0 unspecified atom stereocenters. The number of aryl methyl sites for hydroxylation is 1. The van der Waals surface area contributed by atoms with Gasteiger partial charge in [-0.25, -0.2) is 9.78 Å². The molecule has 3 heterocycles. The van der Waals surface area contributed by atoms with Gasteiger partial charge < -0.3 is 11.1 Å². The molecule has 0 saturated carbocycles. The van der Waals surface area contributed by atoms with Gasteiger partial charge in [-0.3, -0.25) is 14.3 Å². The van der Waals surface area contributed by atoms with E-state index in [4.69, 9.17) is 17.3 Å². The molecule has 0 spiro atoms. The van der Waals surface area contributed by atoms with Crippen LogP contribution in [0, 0.1) is 6.92 Å². The van der Waals surface area contributed by atoms with Crippen LogP contribution in [-0.4, -0.2) is 30.4 Å². The summed E-state index contributed by atoms with van der Waals surface area (Å²) in [6.45, 7) is 1.73. The molecule has 0 aliphatic rings. The number of anilines is 2. The summed E-state index contributed by atoms with van der Waals surface area (Å²) in [6.07, 6.45) is 3.25. The highest BCUT2D eigenvalue weighted by Gasteiger charge is 2.15. The Morgan fingerprint density at radius 2 is 2.03 bits per heavy atom. The number of hydrogen-bond donors (Lipinski definition) is 2. The SMILES string of the molecule is Cc1c2cnc(N)nc2nc(=O)n1-c1cc(NC(=O)Cc2ccccn2)ccc1Cl. The molecule has 9 nitrogen and oxygen atoms in total. The molecule has 0 atom stereocenters. The largest absolute Gasteiger partial charge is 0.368 e. The van der Waals surface area contributed by atoms with Crippen molar-refractivity contribution < 1.29 is 4.79 Å². The number of aromatic nitrogens is 5. The molecule has 0 radical (unpaired) electrons. The summed E-state index contributed by atoms with van der Waals surface area (Å²) in [6, 6.07) is 10.2. The summed E-state index contributed by atoms with van der Waals surface area (Å²) in [4.78, 5) is 41.1. The molecule has 30 heavy (non-hydrogen) atoms. The van der Waals surface area contributed by atoms with E-state index in [-0.39, 0.29) is 23.9 Å². The number of carbonyl (C=O) groups is 1. The number of pyridine rings is 1. The van der Waals surface area contributed by atoms with Crippen LogP contribution in [0.1, 0.15) is 11.4 Å². The van der Waals surface area contributed by atoms with Gasteiger partial charge in [0, 0.05) is 29.5 Å². The first-order valence-corrected chi connectivity index (χ1v) is 9.32. The van der Waals surface area contributed by atoms with Crippen molar-refractivity contribution in [2.75, 3.05) is 11.1 Å². The van der Waals surface area contributed by atoms with E-state index in [9.17, 15) is 9.59 Å². The minimum Gasteiger partial charge on any atom is -0.368 e. The number of nitrogen functional groups attached to an aromatic ring is 1. The number of rotatable bonds is 4. The smallest absolute Gasteiger partial charge is 0.354 e. The van der Waals surface area contributed by atoms with Gasteiger partial charge in [-0.15, -0.1) is 0 Å². The van der Waals surface area contributed by atoms with E-state index in [0.717, 1.165) is 0 Å². The van der Waals surface area contributed by atoms with E-state index in [1.165, 1.54) is 10.8 Å². The zero-order chi connectivity index (χ0) is 21.3. The Morgan fingerprint density at radius 1 is 1.20 bits per heavy atom. The highest BCUT2D eigenvalue weighted by molar-refractivity contribution is 6.32. The molecule has 1 amide bonds. The quantitative estimate of drug-likeness (QED) is 0.517. The van der Waals surface area contributed by atoms with E-state index < -0.39 is 5.69 Å². The molecule has 0 aliphatic heterocycles. The Kier molecular flexibility index (Phi) is 5.11. The summed E-state index contributed by atoms with van der Waals surface area (Å²) in [5.41, 5.74) is 7.27. The standard InChI is InChI=1S/C20H16ClN7O2/c1-11-14-10-24-19(22)26-18(14)27-20(30)28(11)16-8-13(5-6-15(16)21)25-17(29)9-12-4-2-3-7-23-12/h2-8,10H,9H2,1H3,(H,25,29)(H2,22,26,27,30). The number of halogens is 1. The molecule has 150 valence electrons. The number of nitrogens with one attached hydrogen (secondary N) is 1. The summed E-state index contributed by atoms with van der Waals surface area (Å²) < 4.78 is 1.35. The fourth-order valence-corrected chi connectivity index (χ4v) is 3.25. The van der Waals surface area contributed by atoms with E-state index in [0.29, 0.717) is 33.2 Å². The van der Waals surface area contributed by atoms with E-state index >= 15 is 0 Å². The fraction of sp³-hybridized carbons (Fsp3) is 0.100. The predicted octanol–water partition coefficient (Wildman–Crippen LogP) is 2.30. The van der Waals surface area contributed by atoms with Gasteiger partial charge in [-0.1, -0.05) is 17.7 Å². The van der Waals surface area contributed by atoms with Crippen LogP contribution >= 0.6 is 11.6 Å². The first-order chi connectivity index (χ1) is 14.4. The van der Waals surface area contributed by atoms with Gasteiger partial charge in [0.05, 0.1) is 22.5 Å². The molecule has 1 aromatic carbocycles. The number of nitrogens with zero attached hydrogens (tertiary/aromatic N) is 5. The number of fused-ring (bicyclic) bond motifs is 1. The third-order valence-electron chi connectivity index (χ3n) is 4.44. The Hall–Kier alpha value is -3.85. The molecule has 10 heteroatoms. The maximum Gasteiger partial charge on any atom is 0.354 e. The number of amides is 1. The Bertz CT molecular complexity index is 1320. The minimum atomic E-state index is -0.572. The molecule has 0 saturated heterocycles. The lowest BCUT2D eigenvalue weighted by atomic mass is 10.2. The van der Waals surface area contributed by atoms with Gasteiger partial charge in [0.1, 0.15) is 0 Å². The lowest BCUT2D eigenvalue weighted by molar-refractivity contribution is -0.115. The van der Waals surface area contributed by atoms with E-state index in [2.05, 4.69) is 25.3 Å². The second-order valence-electron chi connectivity index (χ2n) is 6.49. The first kappa shape index (κ1) is 19.5. The molecule has 3 aromatic heterocycles. The fourth-order valence-electron chi connectivity index (χ4n) is 3.05. The highest BCUT2D eigenvalue weighted by atomic mass is 35.5. The summed E-state index contributed by atoms with van der Waals surface area (Å²) in [7, 11) is 0. The number of hydrogen-bond acceptors (Lipinski definition) is 7. The van der Waals surface area contributed by atoms with E-state index in [1.54, 1.807) is 43.5 Å². The summed E-state index contributed by atoms with van der Waals surface area (Å²) in [5, 5.41) is 3.68. The molecule has 4 aromatic rings.